The first-order valence-corrected chi connectivity index (χ1v) is 7.35. The molecule has 4 nitrogen and oxygen atoms in total. The zero-order valence-corrected chi connectivity index (χ0v) is 12.7. The molecule has 0 aliphatic heterocycles. The summed E-state index contributed by atoms with van der Waals surface area (Å²) in [5.74, 6) is 0.988. The Kier molecular flexibility index (Phi) is 6.91. The number of carbonyl (C=O) groups excluding carboxylic acids is 1. The van der Waals surface area contributed by atoms with Crippen LogP contribution in [0.2, 0.25) is 0 Å². The van der Waals surface area contributed by atoms with Crippen LogP contribution < -0.4 is 15.8 Å². The number of nitrogens with one attached hydrogen (secondary N) is 1. The summed E-state index contributed by atoms with van der Waals surface area (Å²) in [6.45, 7) is 7.59. The molecule has 3 N–H and O–H groups in total. The lowest BCUT2D eigenvalue weighted by atomic mass is 10.1. The second-order valence-electron chi connectivity index (χ2n) is 5.41. The quantitative estimate of drug-likeness (QED) is 0.567. The maximum absolute atomic E-state index is 11.9. The standard InChI is InChI=1S/C16H26N2O2/c1-4-5-6-9-20-15-8-7-13(10-14(15)17)16(19)18-11-12(2)3/h7-8,10,12H,4-6,9,11,17H2,1-3H3,(H,18,19). The zero-order chi connectivity index (χ0) is 15.0. The number of benzene rings is 1. The fraction of sp³-hybridized carbons (Fsp3) is 0.562. The van der Waals surface area contributed by atoms with Crippen molar-refractivity contribution in [3.05, 3.63) is 23.8 Å². The number of ether oxygens (including phenoxy) is 1. The number of carbonyl (C=O) groups is 1. The molecular weight excluding hydrogens is 252 g/mol. The maximum atomic E-state index is 11.9. The van der Waals surface area contributed by atoms with Gasteiger partial charge in [-0.25, -0.2) is 0 Å². The number of rotatable bonds is 8. The van der Waals surface area contributed by atoms with Crippen LogP contribution in [0, 0.1) is 5.92 Å². The summed E-state index contributed by atoms with van der Waals surface area (Å²) < 4.78 is 5.62. The molecule has 0 aliphatic carbocycles. The second kappa shape index (κ2) is 8.46. The molecule has 0 heterocycles. The lowest BCUT2D eigenvalue weighted by Crippen LogP contribution is -2.27. The number of nitrogen functional groups attached to an aromatic ring is 1. The highest BCUT2D eigenvalue weighted by atomic mass is 16.5. The van der Waals surface area contributed by atoms with Gasteiger partial charge in [0.25, 0.3) is 5.91 Å². The van der Waals surface area contributed by atoms with Gasteiger partial charge in [0.05, 0.1) is 12.3 Å². The molecule has 0 saturated carbocycles. The third-order valence-electron chi connectivity index (χ3n) is 2.95. The highest BCUT2D eigenvalue weighted by molar-refractivity contribution is 5.95. The number of hydrogen-bond donors (Lipinski definition) is 2. The largest absolute Gasteiger partial charge is 0.491 e. The van der Waals surface area contributed by atoms with Crippen molar-refractivity contribution >= 4 is 11.6 Å². The summed E-state index contributed by atoms with van der Waals surface area (Å²) in [4.78, 5) is 11.9. The van der Waals surface area contributed by atoms with Crippen molar-refractivity contribution in [1.29, 1.82) is 0 Å². The van der Waals surface area contributed by atoms with E-state index in [4.69, 9.17) is 10.5 Å². The summed E-state index contributed by atoms with van der Waals surface area (Å²) in [6, 6.07) is 5.19. The Labute approximate surface area is 121 Å². The molecule has 1 rings (SSSR count). The average Bonchev–Trinajstić information content (AvgIpc) is 2.42. The topological polar surface area (TPSA) is 64.3 Å². The van der Waals surface area contributed by atoms with E-state index in [2.05, 4.69) is 26.1 Å². The van der Waals surface area contributed by atoms with Crippen molar-refractivity contribution in [2.45, 2.75) is 40.0 Å². The Morgan fingerprint density at radius 1 is 1.35 bits per heavy atom. The minimum Gasteiger partial charge on any atom is -0.491 e. The average molecular weight is 278 g/mol. The van der Waals surface area contributed by atoms with Crippen LogP contribution in [-0.2, 0) is 0 Å². The van der Waals surface area contributed by atoms with Crippen molar-refractivity contribution in [1.82, 2.24) is 5.32 Å². The van der Waals surface area contributed by atoms with E-state index >= 15 is 0 Å². The van der Waals surface area contributed by atoms with Gasteiger partial charge in [-0.2, -0.15) is 0 Å². The Bertz CT molecular complexity index is 430. The lowest BCUT2D eigenvalue weighted by Gasteiger charge is -2.11. The fourth-order valence-corrected chi connectivity index (χ4v) is 1.75. The second-order valence-corrected chi connectivity index (χ2v) is 5.41. The molecule has 0 atom stereocenters. The van der Waals surface area contributed by atoms with Gasteiger partial charge in [0, 0.05) is 12.1 Å². The summed E-state index contributed by atoms with van der Waals surface area (Å²) >= 11 is 0. The van der Waals surface area contributed by atoms with E-state index in [1.54, 1.807) is 18.2 Å². The van der Waals surface area contributed by atoms with Gasteiger partial charge in [-0.15, -0.1) is 0 Å². The number of unbranched alkanes of at least 4 members (excludes halogenated alkanes) is 2. The molecule has 0 unspecified atom stereocenters. The van der Waals surface area contributed by atoms with E-state index in [0.29, 0.717) is 36.1 Å². The van der Waals surface area contributed by atoms with Crippen LogP contribution in [0.25, 0.3) is 0 Å². The van der Waals surface area contributed by atoms with E-state index in [0.717, 1.165) is 19.3 Å². The Hall–Kier alpha value is -1.71. The fourth-order valence-electron chi connectivity index (χ4n) is 1.75. The van der Waals surface area contributed by atoms with Crippen molar-refractivity contribution in [2.75, 3.05) is 18.9 Å². The minimum absolute atomic E-state index is 0.0945. The van der Waals surface area contributed by atoms with Crippen molar-refractivity contribution in [3.8, 4) is 5.75 Å². The molecule has 0 aliphatic rings. The van der Waals surface area contributed by atoms with Crippen LogP contribution in [-0.4, -0.2) is 19.1 Å². The van der Waals surface area contributed by atoms with E-state index in [1.807, 2.05) is 0 Å². The predicted molar refractivity (Wildman–Crippen MR) is 83.0 cm³/mol. The van der Waals surface area contributed by atoms with Crippen molar-refractivity contribution in [2.24, 2.45) is 5.92 Å². The van der Waals surface area contributed by atoms with Crippen LogP contribution in [0.5, 0.6) is 5.75 Å². The van der Waals surface area contributed by atoms with Gasteiger partial charge in [0.2, 0.25) is 0 Å². The van der Waals surface area contributed by atoms with Gasteiger partial charge in [-0.1, -0.05) is 33.6 Å². The van der Waals surface area contributed by atoms with Crippen LogP contribution in [0.15, 0.2) is 18.2 Å². The molecule has 1 aromatic rings. The van der Waals surface area contributed by atoms with Crippen LogP contribution in [0.3, 0.4) is 0 Å². The molecule has 0 fully saturated rings. The van der Waals surface area contributed by atoms with Crippen molar-refractivity contribution < 1.29 is 9.53 Å². The van der Waals surface area contributed by atoms with Gasteiger partial charge >= 0.3 is 0 Å². The molecule has 1 amide bonds. The summed E-state index contributed by atoms with van der Waals surface area (Å²) in [6.07, 6.45) is 3.33. The number of amides is 1. The van der Waals surface area contributed by atoms with Gasteiger partial charge in [0.15, 0.2) is 0 Å². The number of nitrogens with two attached hydrogens (primary N) is 1. The van der Waals surface area contributed by atoms with Crippen molar-refractivity contribution in [3.63, 3.8) is 0 Å². The lowest BCUT2D eigenvalue weighted by molar-refractivity contribution is 0.0949. The Morgan fingerprint density at radius 3 is 2.70 bits per heavy atom. The summed E-state index contributed by atoms with van der Waals surface area (Å²) in [7, 11) is 0. The predicted octanol–water partition coefficient (Wildman–Crippen LogP) is 3.22. The van der Waals surface area contributed by atoms with E-state index < -0.39 is 0 Å². The molecule has 112 valence electrons. The van der Waals surface area contributed by atoms with Crippen LogP contribution in [0.4, 0.5) is 5.69 Å². The molecule has 4 heteroatoms. The van der Waals surface area contributed by atoms with Gasteiger partial charge in [-0.05, 0) is 30.5 Å². The van der Waals surface area contributed by atoms with E-state index in [-0.39, 0.29) is 5.91 Å². The normalized spacial score (nSPS) is 10.6. The highest BCUT2D eigenvalue weighted by Gasteiger charge is 2.09. The first-order chi connectivity index (χ1) is 9.54. The minimum atomic E-state index is -0.0945. The Morgan fingerprint density at radius 2 is 2.10 bits per heavy atom. The molecule has 20 heavy (non-hydrogen) atoms. The molecule has 0 radical (unpaired) electrons. The highest BCUT2D eigenvalue weighted by Crippen LogP contribution is 2.22. The maximum Gasteiger partial charge on any atom is 0.251 e. The molecule has 0 spiro atoms. The van der Waals surface area contributed by atoms with E-state index in [1.165, 1.54) is 0 Å². The van der Waals surface area contributed by atoms with E-state index in [9.17, 15) is 4.79 Å². The van der Waals surface area contributed by atoms with Gasteiger partial charge in [-0.3, -0.25) is 4.79 Å². The molecule has 0 aromatic heterocycles. The monoisotopic (exact) mass is 278 g/mol. The smallest absolute Gasteiger partial charge is 0.251 e. The molecular formula is C16H26N2O2. The van der Waals surface area contributed by atoms with Gasteiger partial charge in [0.1, 0.15) is 5.75 Å². The third kappa shape index (κ3) is 5.51. The molecule has 1 aromatic carbocycles. The molecule has 0 saturated heterocycles. The van der Waals surface area contributed by atoms with Crippen LogP contribution in [0.1, 0.15) is 50.4 Å². The number of hydrogen-bond acceptors (Lipinski definition) is 3. The van der Waals surface area contributed by atoms with Gasteiger partial charge < -0.3 is 15.8 Å². The Balaban J connectivity index is 2.56. The first-order valence-electron chi connectivity index (χ1n) is 7.35. The third-order valence-corrected chi connectivity index (χ3v) is 2.95. The zero-order valence-electron chi connectivity index (χ0n) is 12.7. The molecule has 0 bridgehead atoms. The van der Waals surface area contributed by atoms with Crippen LogP contribution >= 0.6 is 0 Å². The SMILES string of the molecule is CCCCCOc1ccc(C(=O)NCC(C)C)cc1N. The summed E-state index contributed by atoms with van der Waals surface area (Å²) in [5.41, 5.74) is 7.01. The summed E-state index contributed by atoms with van der Waals surface area (Å²) in [5, 5.41) is 2.87. The number of anilines is 1. The first kappa shape index (κ1) is 16.3.